The predicted octanol–water partition coefficient (Wildman–Crippen LogP) is 2.79. The van der Waals surface area contributed by atoms with Crippen molar-refractivity contribution in [1.29, 1.82) is 0 Å². The third-order valence-corrected chi connectivity index (χ3v) is 3.19. The van der Waals surface area contributed by atoms with Crippen molar-refractivity contribution in [3.8, 4) is 0 Å². The number of rotatable bonds is 0. The van der Waals surface area contributed by atoms with Gasteiger partial charge < -0.3 is 5.32 Å². The Morgan fingerprint density at radius 3 is 1.43 bits per heavy atom. The van der Waals surface area contributed by atoms with E-state index in [1.165, 1.54) is 13.1 Å². The van der Waals surface area contributed by atoms with Gasteiger partial charge in [0.2, 0.25) is 0 Å². The van der Waals surface area contributed by atoms with E-state index in [2.05, 4.69) is 12.2 Å². The molecule has 1 heterocycles. The first-order chi connectivity index (χ1) is 6.39. The lowest BCUT2D eigenvalue weighted by molar-refractivity contribution is 0.634. The molecule has 0 amide bonds. The van der Waals surface area contributed by atoms with Gasteiger partial charge in [-0.05, 0) is 30.8 Å². The van der Waals surface area contributed by atoms with Crippen LogP contribution in [0.2, 0.25) is 0 Å². The van der Waals surface area contributed by atoms with Crippen molar-refractivity contribution in [1.82, 2.24) is 5.32 Å². The molecule has 1 saturated heterocycles. The lowest BCUT2D eigenvalue weighted by Crippen LogP contribution is -2.13. The van der Waals surface area contributed by atoms with Gasteiger partial charge in [0.15, 0.2) is 0 Å². The van der Waals surface area contributed by atoms with Gasteiger partial charge in [0.1, 0.15) is 0 Å². The zero-order chi connectivity index (χ0) is 9.10. The first-order valence-corrected chi connectivity index (χ1v) is 5.10. The number of hydrogen-bond donors (Lipinski definition) is 1. The Balaban J connectivity index is 0.000000132. The molecule has 78 valence electrons. The van der Waals surface area contributed by atoms with E-state index < -0.39 is 0 Å². The van der Waals surface area contributed by atoms with Crippen LogP contribution in [0.4, 0.5) is 0 Å². The Morgan fingerprint density at radius 2 is 1.21 bits per heavy atom. The van der Waals surface area contributed by atoms with Crippen LogP contribution in [0.5, 0.6) is 0 Å². The second kappa shape index (κ2) is 5.16. The molecule has 0 bridgehead atoms. The Labute approximate surface area is 87.5 Å². The smallest absolute Gasteiger partial charge is 0.00145 e. The molecule has 1 aliphatic carbocycles. The maximum atomic E-state index is 3.35. The largest absolute Gasteiger partial charge is 0.316 e. The summed E-state index contributed by atoms with van der Waals surface area (Å²) in [7, 11) is 0. The second-order valence-electron chi connectivity index (χ2n) is 4.00. The summed E-state index contributed by atoms with van der Waals surface area (Å²) in [5, 5.41) is 3.35. The zero-order valence-corrected chi connectivity index (χ0v) is 8.11. The summed E-state index contributed by atoms with van der Waals surface area (Å²) in [5.41, 5.74) is 0. The molecule has 2 atom stereocenters. The van der Waals surface area contributed by atoms with Crippen molar-refractivity contribution in [3.05, 3.63) is 36.4 Å². The maximum absolute atomic E-state index is 3.35. The van der Waals surface area contributed by atoms with Crippen LogP contribution in [0.25, 0.3) is 0 Å². The van der Waals surface area contributed by atoms with E-state index in [1.807, 2.05) is 36.4 Å². The van der Waals surface area contributed by atoms with Gasteiger partial charge in [-0.2, -0.15) is 0 Å². The van der Waals surface area contributed by atoms with Crippen molar-refractivity contribution in [2.45, 2.75) is 14.4 Å². The lowest BCUT2D eigenvalue weighted by Gasteiger charge is -1.93. The summed E-state index contributed by atoms with van der Waals surface area (Å²) >= 11 is 0. The molecule has 1 saturated carbocycles. The molecule has 1 aromatic rings. The molecule has 1 aliphatic heterocycles. The summed E-state index contributed by atoms with van der Waals surface area (Å²) < 4.78 is 0. The number of fused-ring (bicyclic) bond motifs is 1. The van der Waals surface area contributed by atoms with Crippen LogP contribution in [0.3, 0.4) is 0 Å². The van der Waals surface area contributed by atoms with Gasteiger partial charge >= 0.3 is 0 Å². The van der Waals surface area contributed by atoms with Crippen molar-refractivity contribution in [2.24, 2.45) is 17.8 Å². The van der Waals surface area contributed by atoms with Crippen molar-refractivity contribution in [3.63, 3.8) is 0 Å². The quantitative estimate of drug-likeness (QED) is 0.665. The molecule has 3 rings (SSSR count). The summed E-state index contributed by atoms with van der Waals surface area (Å²) in [5.74, 6) is 3.20. The monoisotopic (exact) mass is 191 g/mol. The van der Waals surface area contributed by atoms with E-state index in [4.69, 9.17) is 0 Å². The molecule has 0 spiro atoms. The van der Waals surface area contributed by atoms with Gasteiger partial charge in [-0.15, -0.1) is 0 Å². The zero-order valence-electron chi connectivity index (χ0n) is 8.11. The third-order valence-electron chi connectivity index (χ3n) is 3.19. The van der Waals surface area contributed by atoms with Crippen molar-refractivity contribution in [2.75, 3.05) is 13.1 Å². The predicted molar refractivity (Wildman–Crippen MR) is 62.2 cm³/mol. The highest BCUT2D eigenvalue weighted by Crippen LogP contribution is 2.47. The Bertz CT molecular complexity index is 208. The molecule has 1 aromatic carbocycles. The van der Waals surface area contributed by atoms with E-state index in [0.717, 1.165) is 17.8 Å². The van der Waals surface area contributed by atoms with Crippen LogP contribution < -0.4 is 5.32 Å². The maximum Gasteiger partial charge on any atom is -0.00145 e. The van der Waals surface area contributed by atoms with E-state index in [9.17, 15) is 0 Å². The number of benzene rings is 1. The summed E-state index contributed by atoms with van der Waals surface area (Å²) in [6, 6.07) is 12.0. The van der Waals surface area contributed by atoms with Crippen LogP contribution in [-0.4, -0.2) is 13.1 Å². The van der Waals surface area contributed by atoms with Gasteiger partial charge in [-0.1, -0.05) is 50.7 Å². The van der Waals surface area contributed by atoms with Gasteiger partial charge in [-0.3, -0.25) is 0 Å². The molecule has 0 aromatic heterocycles. The average molecular weight is 191 g/mol. The SMILES string of the molecule is C.CC1C2CNCC12.c1ccccc1. The molecule has 1 N–H and O–H groups in total. The normalized spacial score (nSPS) is 31.9. The topological polar surface area (TPSA) is 12.0 Å². The number of piperidine rings is 1. The highest BCUT2D eigenvalue weighted by molar-refractivity contribution is 5.01. The molecule has 1 heteroatoms. The van der Waals surface area contributed by atoms with Crippen LogP contribution in [0.15, 0.2) is 36.4 Å². The Kier molecular flexibility index (Phi) is 4.15. The van der Waals surface area contributed by atoms with Gasteiger partial charge in [0.25, 0.3) is 0 Å². The first-order valence-electron chi connectivity index (χ1n) is 5.10. The standard InChI is InChI=1S/C6H11N.C6H6.CH4/c1-4-5-2-7-3-6(4)5;1-2-4-6-5-3-1;/h4-7H,2-3H2,1H3;1-6H;1H4. The minimum atomic E-state index is 0. The van der Waals surface area contributed by atoms with E-state index in [0.29, 0.717) is 0 Å². The highest BCUT2D eigenvalue weighted by Gasteiger charge is 2.49. The number of nitrogens with one attached hydrogen (secondary N) is 1. The first kappa shape index (κ1) is 11.3. The molecule has 2 aliphatic rings. The van der Waals surface area contributed by atoms with Crippen molar-refractivity contribution < 1.29 is 0 Å². The van der Waals surface area contributed by atoms with Crippen molar-refractivity contribution >= 4 is 0 Å². The van der Waals surface area contributed by atoms with E-state index in [1.54, 1.807) is 0 Å². The number of hydrogen-bond acceptors (Lipinski definition) is 1. The van der Waals surface area contributed by atoms with Crippen LogP contribution in [0, 0.1) is 17.8 Å². The Hall–Kier alpha value is -0.820. The van der Waals surface area contributed by atoms with Crippen LogP contribution in [0.1, 0.15) is 14.4 Å². The van der Waals surface area contributed by atoms with Crippen LogP contribution >= 0.6 is 0 Å². The second-order valence-corrected chi connectivity index (χ2v) is 4.00. The minimum absolute atomic E-state index is 0. The van der Waals surface area contributed by atoms with Gasteiger partial charge in [-0.25, -0.2) is 0 Å². The third kappa shape index (κ3) is 2.58. The fourth-order valence-electron chi connectivity index (χ4n) is 2.11. The Morgan fingerprint density at radius 1 is 0.857 bits per heavy atom. The molecule has 14 heavy (non-hydrogen) atoms. The average Bonchev–Trinajstić information content (AvgIpc) is 2.69. The highest BCUT2D eigenvalue weighted by atomic mass is 15.0. The molecular formula is C13H21N. The minimum Gasteiger partial charge on any atom is -0.316 e. The molecule has 2 fully saturated rings. The summed E-state index contributed by atoms with van der Waals surface area (Å²) in [4.78, 5) is 0. The molecule has 1 nitrogen and oxygen atoms in total. The van der Waals surface area contributed by atoms with E-state index >= 15 is 0 Å². The lowest BCUT2D eigenvalue weighted by atomic mass is 10.3. The van der Waals surface area contributed by atoms with Gasteiger partial charge in [0, 0.05) is 0 Å². The molecule has 0 radical (unpaired) electrons. The fraction of sp³-hybridized carbons (Fsp3) is 0.538. The molecular weight excluding hydrogens is 170 g/mol. The van der Waals surface area contributed by atoms with Gasteiger partial charge in [0.05, 0.1) is 0 Å². The summed E-state index contributed by atoms with van der Waals surface area (Å²) in [6.45, 7) is 4.95. The summed E-state index contributed by atoms with van der Waals surface area (Å²) in [6.07, 6.45) is 0. The fourth-order valence-corrected chi connectivity index (χ4v) is 2.11. The van der Waals surface area contributed by atoms with E-state index in [-0.39, 0.29) is 7.43 Å². The molecule has 2 unspecified atom stereocenters. The van der Waals surface area contributed by atoms with Crippen LogP contribution in [-0.2, 0) is 0 Å².